The van der Waals surface area contributed by atoms with E-state index in [0.717, 1.165) is 16.9 Å². The third kappa shape index (κ3) is 4.25. The van der Waals surface area contributed by atoms with Gasteiger partial charge in [-0.1, -0.05) is 31.5 Å². The fourth-order valence-corrected chi connectivity index (χ4v) is 5.67. The highest BCUT2D eigenvalue weighted by Gasteiger charge is 2.55. The summed E-state index contributed by atoms with van der Waals surface area (Å²) in [5.41, 5.74) is 6.02. The number of benzene rings is 1. The van der Waals surface area contributed by atoms with Gasteiger partial charge in [-0.05, 0) is 48.9 Å². The SMILES string of the molecule is CC(C)c1ccc2c(c1)[C@]1(COC(N)=N1)[C@@H]1C[C@H](NC(=O)c3ncc(C(F)(F)F)cc3Cl)CC[C@H]1O2. The first kappa shape index (κ1) is 24.7. The molecule has 1 amide bonds. The van der Waals surface area contributed by atoms with Crippen molar-refractivity contribution in [2.75, 3.05) is 6.61 Å². The van der Waals surface area contributed by atoms with Gasteiger partial charge in [0.1, 0.15) is 29.7 Å². The van der Waals surface area contributed by atoms with Crippen molar-refractivity contribution in [2.24, 2.45) is 16.6 Å². The standard InChI is InChI=1S/C25H26ClF3N4O3/c1-12(2)13-3-5-19-16(7-13)24(11-35-23(30)33-24)17-9-15(4-6-20(17)36-19)32-22(34)21-18(26)8-14(10-31-21)25(27,28)29/h3,5,7-8,10,12,15,17,20H,4,6,9,11H2,1-2H3,(H2,30,33)(H,32,34)/t15-,17-,20-,24-/m1/s1. The summed E-state index contributed by atoms with van der Waals surface area (Å²) in [5, 5.41) is 2.54. The van der Waals surface area contributed by atoms with E-state index in [1.807, 2.05) is 12.1 Å². The van der Waals surface area contributed by atoms with Crippen LogP contribution in [-0.2, 0) is 16.5 Å². The van der Waals surface area contributed by atoms with Gasteiger partial charge in [0.05, 0.1) is 10.6 Å². The molecule has 5 rings (SSSR count). The smallest absolute Gasteiger partial charge is 0.417 e. The Kier molecular flexibility index (Phi) is 6.05. The monoisotopic (exact) mass is 522 g/mol. The van der Waals surface area contributed by atoms with Crippen LogP contribution in [0.25, 0.3) is 0 Å². The van der Waals surface area contributed by atoms with Gasteiger partial charge in [-0.15, -0.1) is 0 Å². The van der Waals surface area contributed by atoms with Crippen LogP contribution >= 0.6 is 11.6 Å². The Bertz CT molecular complexity index is 1240. The van der Waals surface area contributed by atoms with Crippen molar-refractivity contribution in [2.45, 2.75) is 62.9 Å². The number of rotatable bonds is 3. The van der Waals surface area contributed by atoms with E-state index < -0.39 is 23.2 Å². The van der Waals surface area contributed by atoms with Crippen molar-refractivity contribution in [3.8, 4) is 5.75 Å². The van der Waals surface area contributed by atoms with Crippen LogP contribution in [0.2, 0.25) is 5.02 Å². The van der Waals surface area contributed by atoms with Crippen LogP contribution in [-0.4, -0.2) is 35.7 Å². The zero-order chi connectivity index (χ0) is 25.8. The molecule has 2 aliphatic heterocycles. The molecule has 11 heteroatoms. The lowest BCUT2D eigenvalue weighted by molar-refractivity contribution is -0.137. The van der Waals surface area contributed by atoms with Gasteiger partial charge in [0.2, 0.25) is 0 Å². The topological polar surface area (TPSA) is 98.8 Å². The molecule has 0 bridgehead atoms. The Morgan fingerprint density at radius 1 is 1.28 bits per heavy atom. The first-order valence-electron chi connectivity index (χ1n) is 11.8. The maximum Gasteiger partial charge on any atom is 0.417 e. The van der Waals surface area contributed by atoms with Crippen LogP contribution in [0.5, 0.6) is 5.75 Å². The second kappa shape index (κ2) is 8.83. The number of nitrogens with two attached hydrogens (primary N) is 1. The van der Waals surface area contributed by atoms with Gasteiger partial charge in [-0.25, -0.2) is 9.98 Å². The lowest BCUT2D eigenvalue weighted by Crippen LogP contribution is -2.54. The predicted molar refractivity (Wildman–Crippen MR) is 127 cm³/mol. The summed E-state index contributed by atoms with van der Waals surface area (Å²) in [6.45, 7) is 4.48. The summed E-state index contributed by atoms with van der Waals surface area (Å²) in [4.78, 5) is 21.3. The number of amides is 1. The number of hydrogen-bond donors (Lipinski definition) is 2. The number of nitrogens with one attached hydrogen (secondary N) is 1. The maximum atomic E-state index is 12.9. The second-order valence-electron chi connectivity index (χ2n) is 9.87. The minimum atomic E-state index is -4.60. The number of alkyl halides is 3. The molecule has 3 heterocycles. The third-order valence-corrected chi connectivity index (χ3v) is 7.57. The van der Waals surface area contributed by atoms with Crippen molar-refractivity contribution < 1.29 is 27.4 Å². The van der Waals surface area contributed by atoms with Gasteiger partial charge >= 0.3 is 6.18 Å². The first-order valence-corrected chi connectivity index (χ1v) is 12.2. The summed E-state index contributed by atoms with van der Waals surface area (Å²) in [6.07, 6.45) is -2.37. The average molecular weight is 523 g/mol. The summed E-state index contributed by atoms with van der Waals surface area (Å²) in [7, 11) is 0. The number of halogens is 4. The molecule has 1 aromatic carbocycles. The van der Waals surface area contributed by atoms with E-state index in [2.05, 4.69) is 30.2 Å². The van der Waals surface area contributed by atoms with Gasteiger partial charge < -0.3 is 20.5 Å². The minimum absolute atomic E-state index is 0.114. The fourth-order valence-electron chi connectivity index (χ4n) is 5.41. The van der Waals surface area contributed by atoms with Crippen LogP contribution in [0.4, 0.5) is 13.2 Å². The van der Waals surface area contributed by atoms with Crippen LogP contribution in [0, 0.1) is 5.92 Å². The molecule has 36 heavy (non-hydrogen) atoms. The van der Waals surface area contributed by atoms with Gasteiger partial charge in [-0.3, -0.25) is 4.79 Å². The molecule has 7 nitrogen and oxygen atoms in total. The number of aliphatic imine (C=N–C) groups is 1. The first-order chi connectivity index (χ1) is 17.0. The molecule has 2 aromatic rings. The van der Waals surface area contributed by atoms with E-state index in [4.69, 9.17) is 31.8 Å². The van der Waals surface area contributed by atoms with Crippen LogP contribution in [0.15, 0.2) is 35.5 Å². The van der Waals surface area contributed by atoms with E-state index in [-0.39, 0.29) is 41.4 Å². The van der Waals surface area contributed by atoms with Gasteiger partial charge in [0, 0.05) is 23.7 Å². The lowest BCUT2D eigenvalue weighted by atomic mass is 9.67. The van der Waals surface area contributed by atoms with Crippen molar-refractivity contribution in [1.82, 2.24) is 10.3 Å². The van der Waals surface area contributed by atoms with E-state index in [9.17, 15) is 18.0 Å². The van der Waals surface area contributed by atoms with Crippen molar-refractivity contribution in [3.63, 3.8) is 0 Å². The Morgan fingerprint density at radius 3 is 2.69 bits per heavy atom. The third-order valence-electron chi connectivity index (χ3n) is 7.28. The van der Waals surface area contributed by atoms with Crippen LogP contribution in [0.1, 0.15) is 66.2 Å². The molecule has 4 atom stereocenters. The number of ether oxygens (including phenoxy) is 2. The Hall–Kier alpha value is -3.01. The molecule has 1 aromatic heterocycles. The number of pyridine rings is 1. The van der Waals surface area contributed by atoms with Crippen LogP contribution in [0.3, 0.4) is 0 Å². The van der Waals surface area contributed by atoms with Gasteiger partial charge in [-0.2, -0.15) is 13.2 Å². The molecular formula is C25H26ClF3N4O3. The normalized spacial score (nSPS) is 27.1. The number of aromatic nitrogens is 1. The molecule has 1 fully saturated rings. The van der Waals surface area contributed by atoms with Crippen LogP contribution < -0.4 is 15.8 Å². The largest absolute Gasteiger partial charge is 0.490 e. The zero-order valence-corrected chi connectivity index (χ0v) is 20.5. The highest BCUT2D eigenvalue weighted by molar-refractivity contribution is 6.33. The summed E-state index contributed by atoms with van der Waals surface area (Å²) in [5.74, 6) is 0.290. The fraction of sp³-hybridized carbons (Fsp3) is 0.480. The maximum absolute atomic E-state index is 12.9. The highest BCUT2D eigenvalue weighted by Crippen LogP contribution is 2.52. The number of carbonyl (C=O) groups excluding carboxylic acids is 1. The number of nitrogens with zero attached hydrogens (tertiary/aromatic N) is 2. The molecule has 1 aliphatic carbocycles. The quantitative estimate of drug-likeness (QED) is 0.604. The number of fused-ring (bicyclic) bond motifs is 4. The molecule has 1 spiro atoms. The molecule has 0 unspecified atom stereocenters. The van der Waals surface area contributed by atoms with E-state index in [1.54, 1.807) is 0 Å². The highest BCUT2D eigenvalue weighted by atomic mass is 35.5. The van der Waals surface area contributed by atoms with E-state index in [0.29, 0.717) is 37.4 Å². The van der Waals surface area contributed by atoms with Gasteiger partial charge in [0.25, 0.3) is 11.9 Å². The van der Waals surface area contributed by atoms with Gasteiger partial charge in [0.15, 0.2) is 0 Å². The molecular weight excluding hydrogens is 497 g/mol. The molecule has 3 aliphatic rings. The van der Waals surface area contributed by atoms with E-state index in [1.165, 1.54) is 0 Å². The summed E-state index contributed by atoms with van der Waals surface area (Å²) in [6, 6.07) is 6.65. The minimum Gasteiger partial charge on any atom is -0.490 e. The number of amidine groups is 1. The Balaban J connectivity index is 1.41. The zero-order valence-electron chi connectivity index (χ0n) is 19.7. The number of carbonyl (C=O) groups is 1. The summed E-state index contributed by atoms with van der Waals surface area (Å²) >= 11 is 5.98. The average Bonchev–Trinajstić information content (AvgIpc) is 3.21. The molecule has 0 radical (unpaired) electrons. The molecule has 192 valence electrons. The van der Waals surface area contributed by atoms with E-state index >= 15 is 0 Å². The Labute approximate surface area is 211 Å². The van der Waals surface area contributed by atoms with Crippen molar-refractivity contribution >= 4 is 23.5 Å². The lowest BCUT2D eigenvalue weighted by Gasteiger charge is -2.48. The molecule has 3 N–H and O–H groups in total. The van der Waals surface area contributed by atoms with Crippen molar-refractivity contribution in [1.29, 1.82) is 0 Å². The predicted octanol–water partition coefficient (Wildman–Crippen LogP) is 4.78. The molecule has 0 saturated heterocycles. The second-order valence-corrected chi connectivity index (χ2v) is 10.3. The number of hydrogen-bond acceptors (Lipinski definition) is 6. The Morgan fingerprint density at radius 2 is 2.06 bits per heavy atom. The van der Waals surface area contributed by atoms with Crippen molar-refractivity contribution in [3.05, 3.63) is 57.9 Å². The molecule has 1 saturated carbocycles. The summed E-state index contributed by atoms with van der Waals surface area (Å²) < 4.78 is 50.8.